The Hall–Kier alpha value is -1.16. The molecular weight excluding hydrogens is 272 g/mol. The molecule has 0 saturated heterocycles. The van der Waals surface area contributed by atoms with Crippen LogP contribution in [0.2, 0.25) is 0 Å². The summed E-state index contributed by atoms with van der Waals surface area (Å²) in [5, 5.41) is 0.554. The number of ketones is 1. The van der Waals surface area contributed by atoms with E-state index in [-0.39, 0.29) is 5.78 Å². The van der Waals surface area contributed by atoms with Crippen LogP contribution in [0.3, 0.4) is 0 Å². The highest BCUT2D eigenvalue weighted by Crippen LogP contribution is 2.17. The number of methoxy groups -OCH3 is 1. The third kappa shape index (κ3) is 2.70. The van der Waals surface area contributed by atoms with Gasteiger partial charge in [0.25, 0.3) is 0 Å². The molecule has 0 aromatic heterocycles. The van der Waals surface area contributed by atoms with E-state index in [1.807, 2.05) is 0 Å². The number of esters is 1. The van der Waals surface area contributed by atoms with Gasteiger partial charge in [-0.25, -0.2) is 4.79 Å². The van der Waals surface area contributed by atoms with Gasteiger partial charge in [0.1, 0.15) is 0 Å². The maximum absolute atomic E-state index is 11.5. The third-order valence-electron chi connectivity index (χ3n) is 2.30. The van der Waals surface area contributed by atoms with Gasteiger partial charge >= 0.3 is 5.97 Å². The molecule has 3 nitrogen and oxygen atoms in total. The SMILES string of the molecule is CCC(=O)c1ccc(CBr)c(C(=O)OC)c1. The van der Waals surface area contributed by atoms with Crippen LogP contribution in [0.1, 0.15) is 39.6 Å². The minimum atomic E-state index is -0.416. The first kappa shape index (κ1) is 12.9. The zero-order valence-electron chi connectivity index (χ0n) is 9.25. The van der Waals surface area contributed by atoms with Crippen molar-refractivity contribution in [2.45, 2.75) is 18.7 Å². The fourth-order valence-corrected chi connectivity index (χ4v) is 1.86. The second-order valence-electron chi connectivity index (χ2n) is 3.27. The predicted molar refractivity (Wildman–Crippen MR) is 65.0 cm³/mol. The van der Waals surface area contributed by atoms with Gasteiger partial charge in [-0.2, -0.15) is 0 Å². The van der Waals surface area contributed by atoms with Crippen molar-refractivity contribution in [2.75, 3.05) is 7.11 Å². The highest BCUT2D eigenvalue weighted by molar-refractivity contribution is 9.08. The number of hydrogen-bond acceptors (Lipinski definition) is 3. The number of hydrogen-bond donors (Lipinski definition) is 0. The van der Waals surface area contributed by atoms with Gasteiger partial charge in [0.2, 0.25) is 0 Å². The Morgan fingerprint density at radius 2 is 2.06 bits per heavy atom. The number of rotatable bonds is 4. The minimum absolute atomic E-state index is 0.0197. The van der Waals surface area contributed by atoms with Crippen LogP contribution in [-0.4, -0.2) is 18.9 Å². The van der Waals surface area contributed by atoms with Crippen molar-refractivity contribution < 1.29 is 14.3 Å². The molecule has 1 rings (SSSR count). The first-order valence-electron chi connectivity index (χ1n) is 4.94. The third-order valence-corrected chi connectivity index (χ3v) is 2.91. The summed E-state index contributed by atoms with van der Waals surface area (Å²) in [5.41, 5.74) is 1.81. The predicted octanol–water partition coefficient (Wildman–Crippen LogP) is 2.96. The normalized spacial score (nSPS) is 9.94. The van der Waals surface area contributed by atoms with E-state index in [1.165, 1.54) is 7.11 Å². The molecular formula is C12H13BrO3. The summed E-state index contributed by atoms with van der Waals surface area (Å²) in [6.45, 7) is 1.79. The van der Waals surface area contributed by atoms with E-state index in [0.29, 0.717) is 22.9 Å². The summed E-state index contributed by atoms with van der Waals surface area (Å²) >= 11 is 3.29. The molecule has 16 heavy (non-hydrogen) atoms. The van der Waals surface area contributed by atoms with Gasteiger partial charge in [-0.05, 0) is 11.6 Å². The minimum Gasteiger partial charge on any atom is -0.465 e. The highest BCUT2D eigenvalue weighted by atomic mass is 79.9. The summed E-state index contributed by atoms with van der Waals surface area (Å²) in [5.74, 6) is -0.397. The lowest BCUT2D eigenvalue weighted by atomic mass is 10.0. The number of alkyl halides is 1. The smallest absolute Gasteiger partial charge is 0.338 e. The summed E-state index contributed by atoms with van der Waals surface area (Å²) < 4.78 is 4.68. The van der Waals surface area contributed by atoms with Gasteiger partial charge in [0.15, 0.2) is 5.78 Å². The van der Waals surface area contributed by atoms with Crippen LogP contribution >= 0.6 is 15.9 Å². The monoisotopic (exact) mass is 284 g/mol. The van der Waals surface area contributed by atoms with Crippen molar-refractivity contribution in [3.05, 3.63) is 34.9 Å². The summed E-state index contributed by atoms with van der Waals surface area (Å²) in [4.78, 5) is 23.0. The number of benzene rings is 1. The Morgan fingerprint density at radius 3 is 2.56 bits per heavy atom. The molecule has 0 spiro atoms. The highest BCUT2D eigenvalue weighted by Gasteiger charge is 2.14. The summed E-state index contributed by atoms with van der Waals surface area (Å²) in [7, 11) is 1.33. The summed E-state index contributed by atoms with van der Waals surface area (Å²) in [6, 6.07) is 5.09. The Balaban J connectivity index is 3.21. The van der Waals surface area contributed by atoms with Crippen LogP contribution in [0.5, 0.6) is 0 Å². The maximum Gasteiger partial charge on any atom is 0.338 e. The van der Waals surface area contributed by atoms with Crippen molar-refractivity contribution in [1.82, 2.24) is 0 Å². The number of Topliss-reactive ketones (excluding diaryl/α,β-unsaturated/α-hetero) is 1. The topological polar surface area (TPSA) is 43.4 Å². The van der Waals surface area contributed by atoms with Crippen molar-refractivity contribution in [2.24, 2.45) is 0 Å². The van der Waals surface area contributed by atoms with Gasteiger partial charge < -0.3 is 4.74 Å². The molecule has 0 aliphatic rings. The Labute approximate surface area is 103 Å². The fraction of sp³-hybridized carbons (Fsp3) is 0.333. The Bertz CT molecular complexity index is 413. The molecule has 0 radical (unpaired) electrons. The number of halogens is 1. The lowest BCUT2D eigenvalue weighted by molar-refractivity contribution is 0.0600. The van der Waals surface area contributed by atoms with E-state index < -0.39 is 5.97 Å². The average molecular weight is 285 g/mol. The maximum atomic E-state index is 11.5. The molecule has 0 aliphatic heterocycles. The van der Waals surface area contributed by atoms with E-state index in [0.717, 1.165) is 5.56 Å². The van der Waals surface area contributed by atoms with Gasteiger partial charge in [0.05, 0.1) is 12.7 Å². The van der Waals surface area contributed by atoms with Crippen LogP contribution in [0.4, 0.5) is 0 Å². The molecule has 86 valence electrons. The molecule has 0 heterocycles. The second kappa shape index (κ2) is 5.80. The number of carbonyl (C=O) groups is 2. The van der Waals surface area contributed by atoms with Crippen LogP contribution in [0, 0.1) is 0 Å². The zero-order chi connectivity index (χ0) is 12.1. The zero-order valence-corrected chi connectivity index (χ0v) is 10.8. The van der Waals surface area contributed by atoms with Gasteiger partial charge in [-0.1, -0.05) is 35.0 Å². The van der Waals surface area contributed by atoms with E-state index in [2.05, 4.69) is 20.7 Å². The molecule has 0 saturated carbocycles. The van der Waals surface area contributed by atoms with Crippen LogP contribution in [0.25, 0.3) is 0 Å². The molecule has 1 aromatic carbocycles. The molecule has 4 heteroatoms. The van der Waals surface area contributed by atoms with Crippen LogP contribution < -0.4 is 0 Å². The molecule has 0 fully saturated rings. The molecule has 0 atom stereocenters. The number of ether oxygens (including phenoxy) is 1. The molecule has 0 bridgehead atoms. The number of carbonyl (C=O) groups excluding carboxylic acids is 2. The molecule has 0 aliphatic carbocycles. The largest absolute Gasteiger partial charge is 0.465 e. The molecule has 0 N–H and O–H groups in total. The van der Waals surface area contributed by atoms with E-state index in [4.69, 9.17) is 0 Å². The van der Waals surface area contributed by atoms with E-state index >= 15 is 0 Å². The Morgan fingerprint density at radius 1 is 1.38 bits per heavy atom. The van der Waals surface area contributed by atoms with Crippen LogP contribution in [-0.2, 0) is 10.1 Å². The van der Waals surface area contributed by atoms with Crippen molar-refractivity contribution in [1.29, 1.82) is 0 Å². The quantitative estimate of drug-likeness (QED) is 0.485. The average Bonchev–Trinajstić information content (AvgIpc) is 2.35. The van der Waals surface area contributed by atoms with E-state index in [9.17, 15) is 9.59 Å². The standard InChI is InChI=1S/C12H13BrO3/c1-3-11(14)8-4-5-9(7-13)10(6-8)12(15)16-2/h4-6H,3,7H2,1-2H3. The van der Waals surface area contributed by atoms with Crippen molar-refractivity contribution in [3.8, 4) is 0 Å². The lowest BCUT2D eigenvalue weighted by Crippen LogP contribution is -2.07. The fourth-order valence-electron chi connectivity index (χ4n) is 1.37. The van der Waals surface area contributed by atoms with Crippen molar-refractivity contribution in [3.63, 3.8) is 0 Å². The molecule has 0 amide bonds. The van der Waals surface area contributed by atoms with E-state index in [1.54, 1.807) is 25.1 Å². The van der Waals surface area contributed by atoms with Gasteiger partial charge in [-0.15, -0.1) is 0 Å². The van der Waals surface area contributed by atoms with Crippen LogP contribution in [0.15, 0.2) is 18.2 Å². The Kier molecular flexibility index (Phi) is 4.68. The van der Waals surface area contributed by atoms with Gasteiger partial charge in [0, 0.05) is 17.3 Å². The molecule has 1 aromatic rings. The first-order valence-corrected chi connectivity index (χ1v) is 6.06. The van der Waals surface area contributed by atoms with Gasteiger partial charge in [-0.3, -0.25) is 4.79 Å². The van der Waals surface area contributed by atoms with Crippen molar-refractivity contribution >= 4 is 27.7 Å². The lowest BCUT2D eigenvalue weighted by Gasteiger charge is -2.07. The summed E-state index contributed by atoms with van der Waals surface area (Å²) in [6.07, 6.45) is 0.425. The molecule has 0 unspecified atom stereocenters. The first-order chi connectivity index (χ1) is 7.63. The second-order valence-corrected chi connectivity index (χ2v) is 3.83.